The first-order valence-corrected chi connectivity index (χ1v) is 12.9. The number of nitrogens with one attached hydrogen (secondary N) is 1. The molecule has 2 aromatic carbocycles. The van der Waals surface area contributed by atoms with E-state index in [0.717, 1.165) is 33.8 Å². The van der Waals surface area contributed by atoms with Gasteiger partial charge in [0.25, 0.3) is 0 Å². The van der Waals surface area contributed by atoms with Gasteiger partial charge in [-0.25, -0.2) is 4.98 Å². The lowest BCUT2D eigenvalue weighted by Gasteiger charge is -2.21. The maximum absolute atomic E-state index is 13.9. The topological polar surface area (TPSA) is 58.2 Å². The van der Waals surface area contributed by atoms with Gasteiger partial charge in [-0.15, -0.1) is 0 Å². The molecule has 4 rings (SSSR count). The summed E-state index contributed by atoms with van der Waals surface area (Å²) < 4.78 is 47.2. The van der Waals surface area contributed by atoms with Crippen LogP contribution in [0.25, 0.3) is 23.2 Å². The lowest BCUT2D eigenvalue weighted by molar-refractivity contribution is -0.138. The summed E-state index contributed by atoms with van der Waals surface area (Å²) in [4.78, 5) is 22.5. The van der Waals surface area contributed by atoms with Gasteiger partial charge in [-0.3, -0.25) is 9.69 Å². The van der Waals surface area contributed by atoms with E-state index in [-0.39, 0.29) is 24.3 Å². The third-order valence-electron chi connectivity index (χ3n) is 6.95. The van der Waals surface area contributed by atoms with E-state index < -0.39 is 11.7 Å². The first kappa shape index (κ1) is 28.1. The number of hydrogen-bond donors (Lipinski definition) is 1. The molecule has 0 aliphatic rings. The zero-order chi connectivity index (χ0) is 28.2. The van der Waals surface area contributed by atoms with Crippen molar-refractivity contribution in [2.75, 3.05) is 20.2 Å². The molecule has 1 N–H and O–H groups in total. The van der Waals surface area contributed by atoms with Crippen LogP contribution in [-0.4, -0.2) is 40.9 Å². The molecule has 0 saturated carbocycles. The Balaban J connectivity index is 1.58. The molecule has 0 saturated heterocycles. The van der Waals surface area contributed by atoms with Gasteiger partial charge in [-0.05, 0) is 66.5 Å². The maximum atomic E-state index is 13.9. The highest BCUT2D eigenvalue weighted by atomic mass is 19.4. The van der Waals surface area contributed by atoms with Crippen molar-refractivity contribution in [2.45, 2.75) is 39.9 Å². The molecule has 204 valence electrons. The molecule has 0 atom stereocenters. The van der Waals surface area contributed by atoms with E-state index in [9.17, 15) is 18.0 Å². The number of carbonyl (C=O) groups excluding carboxylic acids is 1. The van der Waals surface area contributed by atoms with Crippen LogP contribution in [0.2, 0.25) is 0 Å². The number of hydrogen-bond acceptors (Lipinski definition) is 4. The number of aromatic amines is 1. The van der Waals surface area contributed by atoms with Crippen LogP contribution in [0.4, 0.5) is 13.2 Å². The maximum Gasteiger partial charge on any atom is 0.416 e. The average molecular weight is 536 g/mol. The average Bonchev–Trinajstić information content (AvgIpc) is 3.40. The number of nitrogens with zero attached hydrogens (tertiary/aromatic N) is 2. The highest BCUT2D eigenvalue weighted by Gasteiger charge is 2.34. The molecule has 2 heterocycles. The van der Waals surface area contributed by atoms with Crippen LogP contribution in [-0.2, 0) is 19.1 Å². The summed E-state index contributed by atoms with van der Waals surface area (Å²) in [5, 5.41) is 0.863. The third kappa shape index (κ3) is 6.40. The van der Waals surface area contributed by atoms with Crippen molar-refractivity contribution < 1.29 is 22.7 Å². The molecule has 0 aliphatic carbocycles. The number of alkyl halides is 3. The quantitative estimate of drug-likeness (QED) is 0.216. The summed E-state index contributed by atoms with van der Waals surface area (Å²) in [5.74, 6) is 0.439. The first-order valence-electron chi connectivity index (χ1n) is 12.9. The van der Waals surface area contributed by atoms with Crippen LogP contribution in [0.1, 0.15) is 57.6 Å². The number of benzene rings is 2. The van der Waals surface area contributed by atoms with E-state index in [0.29, 0.717) is 30.0 Å². The summed E-state index contributed by atoms with van der Waals surface area (Å²) in [6, 6.07) is 11.4. The van der Waals surface area contributed by atoms with Crippen LogP contribution in [0.3, 0.4) is 0 Å². The van der Waals surface area contributed by atoms with E-state index in [1.165, 1.54) is 6.07 Å². The summed E-state index contributed by atoms with van der Waals surface area (Å²) in [6.07, 6.45) is 2.64. The Labute approximate surface area is 226 Å². The number of methoxy groups -OCH3 is 1. The van der Waals surface area contributed by atoms with E-state index >= 15 is 0 Å². The molecule has 0 amide bonds. The summed E-state index contributed by atoms with van der Waals surface area (Å²) in [7, 11) is 1.60. The van der Waals surface area contributed by atoms with Gasteiger partial charge >= 0.3 is 6.18 Å². The molecule has 0 aliphatic heterocycles. The van der Waals surface area contributed by atoms with Gasteiger partial charge < -0.3 is 9.72 Å². The Morgan fingerprint density at radius 3 is 2.49 bits per heavy atom. The Morgan fingerprint density at radius 2 is 1.79 bits per heavy atom. The van der Waals surface area contributed by atoms with E-state index in [2.05, 4.69) is 9.97 Å². The molecule has 0 bridgehead atoms. The lowest BCUT2D eigenvalue weighted by Crippen LogP contribution is -2.24. The second-order valence-electron chi connectivity index (χ2n) is 9.44. The second-order valence-corrected chi connectivity index (χ2v) is 9.44. The van der Waals surface area contributed by atoms with Crippen LogP contribution < -0.4 is 4.74 Å². The highest BCUT2D eigenvalue weighted by Crippen LogP contribution is 2.34. The third-order valence-corrected chi connectivity index (χ3v) is 6.95. The van der Waals surface area contributed by atoms with Crippen molar-refractivity contribution >= 4 is 29.0 Å². The van der Waals surface area contributed by atoms with E-state index in [1.54, 1.807) is 37.7 Å². The van der Waals surface area contributed by atoms with Crippen molar-refractivity contribution in [3.05, 3.63) is 93.8 Å². The molecule has 39 heavy (non-hydrogen) atoms. The summed E-state index contributed by atoms with van der Waals surface area (Å²) >= 11 is 0. The van der Waals surface area contributed by atoms with Crippen molar-refractivity contribution in [1.29, 1.82) is 0 Å². The Hall–Kier alpha value is -3.91. The number of carbonyl (C=O) groups is 1. The van der Waals surface area contributed by atoms with E-state index in [1.807, 2.05) is 50.0 Å². The fourth-order valence-electron chi connectivity index (χ4n) is 4.63. The van der Waals surface area contributed by atoms with Crippen LogP contribution >= 0.6 is 0 Å². The molecule has 0 fully saturated rings. The van der Waals surface area contributed by atoms with Crippen LogP contribution in [0.5, 0.6) is 5.75 Å². The molecule has 5 nitrogen and oxygen atoms in total. The predicted octanol–water partition coefficient (Wildman–Crippen LogP) is 7.34. The van der Waals surface area contributed by atoms with Gasteiger partial charge in [0.05, 0.1) is 18.1 Å². The number of Topliss-reactive ketones (excluding diaryl/α,β-unsaturated/α-hetero) is 1. The second kappa shape index (κ2) is 11.9. The van der Waals surface area contributed by atoms with Gasteiger partial charge in [-0.1, -0.05) is 44.2 Å². The van der Waals surface area contributed by atoms with Crippen molar-refractivity contribution in [3.8, 4) is 5.75 Å². The molecule has 0 radical (unpaired) electrons. The van der Waals surface area contributed by atoms with Crippen LogP contribution in [0, 0.1) is 6.92 Å². The van der Waals surface area contributed by atoms with Gasteiger partial charge in [-0.2, -0.15) is 13.2 Å². The Bertz CT molecular complexity index is 1500. The molecule has 0 spiro atoms. The fourth-order valence-corrected chi connectivity index (χ4v) is 4.63. The number of pyridine rings is 1. The van der Waals surface area contributed by atoms with Crippen molar-refractivity contribution in [3.63, 3.8) is 0 Å². The predicted molar refractivity (Wildman–Crippen MR) is 149 cm³/mol. The molecule has 4 aromatic rings. The zero-order valence-electron chi connectivity index (χ0n) is 22.5. The number of ketones is 1. The molecular formula is C31H32F3N3O2. The number of fused-ring (bicyclic) bond motifs is 1. The lowest BCUT2D eigenvalue weighted by atomic mass is 9.96. The highest BCUT2D eigenvalue weighted by molar-refractivity contribution is 5.98. The number of rotatable bonds is 10. The minimum absolute atomic E-state index is 0.122. The summed E-state index contributed by atoms with van der Waals surface area (Å²) in [5.41, 5.74) is 3.59. The van der Waals surface area contributed by atoms with Crippen molar-refractivity contribution in [2.24, 2.45) is 0 Å². The standard InChI is InChI=1S/C31H32F3N3O2/c1-5-37(6-2)19-25-10-8-21(15-27(25)31(32,33)34)16-28(38)23-9-7-20(3)22(17-23)11-12-24-18-36-30-26(13-14-35-30)29(24)39-4/h7-15,17-18H,5-6,16,19H2,1-4H3,(H,35,36)/b12-11+. The SMILES string of the molecule is CCN(CC)Cc1ccc(CC(=O)c2ccc(C)c(/C=C/c3cnc4[nH]ccc4c3OC)c2)cc1C(F)(F)F. The number of ether oxygens (including phenoxy) is 1. The number of aryl methyl sites for hydroxylation is 1. The number of H-pyrrole nitrogens is 1. The van der Waals surface area contributed by atoms with Gasteiger partial charge in [0.15, 0.2) is 5.78 Å². The smallest absolute Gasteiger partial charge is 0.416 e. The van der Waals surface area contributed by atoms with E-state index in [4.69, 9.17) is 4.74 Å². The molecule has 8 heteroatoms. The Morgan fingerprint density at radius 1 is 1.05 bits per heavy atom. The zero-order valence-corrected chi connectivity index (χ0v) is 22.5. The van der Waals surface area contributed by atoms with Crippen molar-refractivity contribution in [1.82, 2.24) is 14.9 Å². The Kier molecular flexibility index (Phi) is 8.55. The monoisotopic (exact) mass is 535 g/mol. The molecular weight excluding hydrogens is 503 g/mol. The fraction of sp³-hybridized carbons (Fsp3) is 0.290. The normalized spacial score (nSPS) is 12.1. The number of halogens is 3. The first-order chi connectivity index (χ1) is 18.6. The molecule has 2 aromatic heterocycles. The van der Waals surface area contributed by atoms with Gasteiger partial charge in [0.2, 0.25) is 0 Å². The molecule has 0 unspecified atom stereocenters. The summed E-state index contributed by atoms with van der Waals surface area (Å²) in [6.45, 7) is 7.29. The van der Waals surface area contributed by atoms with Gasteiger partial charge in [0.1, 0.15) is 11.4 Å². The number of aromatic nitrogens is 2. The van der Waals surface area contributed by atoms with Gasteiger partial charge in [0, 0.05) is 36.5 Å². The largest absolute Gasteiger partial charge is 0.495 e. The van der Waals surface area contributed by atoms with Crippen LogP contribution in [0.15, 0.2) is 54.9 Å². The minimum atomic E-state index is -4.50. The minimum Gasteiger partial charge on any atom is -0.495 e.